The van der Waals surface area contributed by atoms with Crippen molar-refractivity contribution in [1.29, 1.82) is 0 Å². The summed E-state index contributed by atoms with van der Waals surface area (Å²) < 4.78 is 22.2. The Morgan fingerprint density at radius 3 is 1.70 bits per heavy atom. The number of nitrogen functional groups attached to an aromatic ring is 3. The van der Waals surface area contributed by atoms with Crippen LogP contribution < -0.4 is 27.3 Å². The Morgan fingerprint density at radius 1 is 0.617 bits per heavy atom. The van der Waals surface area contributed by atoms with Gasteiger partial charge in [0.1, 0.15) is 72.0 Å². The Labute approximate surface area is 544 Å². The first-order valence-corrected chi connectivity index (χ1v) is 32.8. The Hall–Kier alpha value is -9.75. The SMILES string of the molecule is C=CC(=O)N1CCC(c2c(-c3ccc(OC4CNC4Cn4c(C5CCN(C(=O)C=C)C5)c(C5=CCC(COCn6c(C7CCN(C(=O)C=C)C7)c(-c7cnn(CC8CCN(C(C)=O)CC8)c7)c7c(N)ncnc76)CC5)c5c(N)ncnc54)cc3)c3c(N)ncnc3n2C)C1. The maximum Gasteiger partial charge on any atom is 0.245 e. The Morgan fingerprint density at radius 2 is 1.15 bits per heavy atom. The average molecular weight is 1270 g/mol. The second kappa shape index (κ2) is 25.6. The van der Waals surface area contributed by atoms with Gasteiger partial charge in [-0.3, -0.25) is 23.9 Å². The van der Waals surface area contributed by atoms with Crippen molar-refractivity contribution < 1.29 is 28.7 Å². The van der Waals surface area contributed by atoms with Gasteiger partial charge in [-0.15, -0.1) is 0 Å². The molecule has 1 aromatic carbocycles. The van der Waals surface area contributed by atoms with Crippen molar-refractivity contribution in [2.24, 2.45) is 18.9 Å². The number of likely N-dealkylation sites (tertiary alicyclic amines) is 4. The first-order valence-electron chi connectivity index (χ1n) is 32.8. The molecule has 7 aromatic heterocycles. The third-order valence-electron chi connectivity index (χ3n) is 20.7. The maximum absolute atomic E-state index is 13.3. The van der Waals surface area contributed by atoms with Gasteiger partial charge in [0.05, 0.1) is 35.0 Å². The van der Waals surface area contributed by atoms with Crippen LogP contribution >= 0.6 is 0 Å². The summed E-state index contributed by atoms with van der Waals surface area (Å²) in [7, 11) is 2.00. The van der Waals surface area contributed by atoms with Crippen LogP contribution in [0.25, 0.3) is 60.9 Å². The number of aryl methyl sites for hydroxylation is 1. The largest absolute Gasteiger partial charge is 0.487 e. The molecule has 6 atom stereocenters. The molecule has 94 heavy (non-hydrogen) atoms. The number of piperidine rings is 1. The van der Waals surface area contributed by atoms with Crippen molar-refractivity contribution in [3.63, 3.8) is 0 Å². The van der Waals surface area contributed by atoms with E-state index in [0.717, 1.165) is 149 Å². The number of nitrogens with zero attached hydrogens (tertiary/aromatic N) is 15. The average Bonchev–Trinajstić information content (AvgIpc) is 1.60. The van der Waals surface area contributed by atoms with E-state index in [-0.39, 0.29) is 66.2 Å². The number of rotatable bonds is 19. The van der Waals surface area contributed by atoms with Crippen LogP contribution in [0.5, 0.6) is 5.75 Å². The zero-order valence-corrected chi connectivity index (χ0v) is 53.4. The summed E-state index contributed by atoms with van der Waals surface area (Å²) in [4.78, 5) is 86.5. The Balaban J connectivity index is 0.720. The lowest BCUT2D eigenvalue weighted by Gasteiger charge is -2.39. The molecule has 25 nitrogen and oxygen atoms in total. The number of nitrogens with one attached hydrogen (secondary N) is 1. The third kappa shape index (κ3) is 11.3. The van der Waals surface area contributed by atoms with Gasteiger partial charge in [-0.2, -0.15) is 5.10 Å². The molecule has 5 saturated heterocycles. The van der Waals surface area contributed by atoms with Crippen molar-refractivity contribution >= 4 is 79.8 Å². The predicted octanol–water partition coefficient (Wildman–Crippen LogP) is 6.78. The van der Waals surface area contributed by atoms with E-state index in [1.807, 2.05) is 49.7 Å². The topological polar surface area (TPSA) is 300 Å². The van der Waals surface area contributed by atoms with Crippen molar-refractivity contribution in [2.45, 2.75) is 108 Å². The van der Waals surface area contributed by atoms with Crippen molar-refractivity contribution in [2.75, 3.05) is 82.7 Å². The van der Waals surface area contributed by atoms with E-state index in [1.165, 1.54) is 37.2 Å². The van der Waals surface area contributed by atoms with Gasteiger partial charge in [-0.1, -0.05) is 37.9 Å². The summed E-state index contributed by atoms with van der Waals surface area (Å²) in [6.07, 6.45) is 21.1. The lowest BCUT2D eigenvalue weighted by atomic mass is 9.84. The molecular formula is C69H81N19O6. The predicted molar refractivity (Wildman–Crippen MR) is 358 cm³/mol. The van der Waals surface area contributed by atoms with Crippen LogP contribution in [0.3, 0.4) is 0 Å². The quantitative estimate of drug-likeness (QED) is 0.0607. The minimum Gasteiger partial charge on any atom is -0.487 e. The highest BCUT2D eigenvalue weighted by Gasteiger charge is 2.41. The summed E-state index contributed by atoms with van der Waals surface area (Å²) in [6.45, 7) is 20.3. The monoisotopic (exact) mass is 1270 g/mol. The molecule has 4 amide bonds. The lowest BCUT2D eigenvalue weighted by molar-refractivity contribution is -0.130. The molecule has 6 unspecified atom stereocenters. The number of ether oxygens (including phenoxy) is 2. The van der Waals surface area contributed by atoms with Gasteiger partial charge in [-0.25, -0.2) is 29.9 Å². The van der Waals surface area contributed by atoms with Crippen molar-refractivity contribution in [1.82, 2.24) is 78.3 Å². The number of fused-ring (bicyclic) bond motifs is 3. The first-order chi connectivity index (χ1) is 45.7. The first kappa shape index (κ1) is 61.7. The van der Waals surface area contributed by atoms with Gasteiger partial charge in [-0.05, 0) is 105 Å². The number of hydrogen-bond donors (Lipinski definition) is 4. The number of anilines is 3. The molecule has 8 aromatic rings. The minimum absolute atomic E-state index is 0.0314. The van der Waals surface area contributed by atoms with E-state index in [9.17, 15) is 19.2 Å². The molecule has 6 aliphatic rings. The molecule has 1 aliphatic carbocycles. The summed E-state index contributed by atoms with van der Waals surface area (Å²) >= 11 is 0. The van der Waals surface area contributed by atoms with Crippen LogP contribution in [0, 0.1) is 11.8 Å². The summed E-state index contributed by atoms with van der Waals surface area (Å²) in [5.74, 6) is 2.17. The van der Waals surface area contributed by atoms with Crippen LogP contribution in [0.15, 0.2) is 99.7 Å². The van der Waals surface area contributed by atoms with Gasteiger partial charge < -0.3 is 65.3 Å². The van der Waals surface area contributed by atoms with Crippen LogP contribution in [0.4, 0.5) is 17.5 Å². The van der Waals surface area contributed by atoms with E-state index in [4.69, 9.17) is 41.7 Å². The molecule has 0 radical (unpaired) electrons. The normalized spacial score (nSPS) is 21.7. The van der Waals surface area contributed by atoms with Gasteiger partial charge >= 0.3 is 0 Å². The third-order valence-corrected chi connectivity index (χ3v) is 20.7. The summed E-state index contributed by atoms with van der Waals surface area (Å²) in [5, 5.41) is 10.9. The molecule has 5 fully saturated rings. The van der Waals surface area contributed by atoms with Crippen LogP contribution in [0.2, 0.25) is 0 Å². The lowest BCUT2D eigenvalue weighted by Crippen LogP contribution is -2.61. The maximum atomic E-state index is 13.3. The van der Waals surface area contributed by atoms with Crippen molar-refractivity contribution in [3.8, 4) is 28.0 Å². The molecule has 7 N–H and O–H groups in total. The number of carbonyl (C=O) groups excluding carboxylic acids is 4. The molecule has 0 saturated carbocycles. The van der Waals surface area contributed by atoms with Gasteiger partial charge in [0, 0.05) is 149 Å². The van der Waals surface area contributed by atoms with E-state index in [1.54, 1.807) is 6.92 Å². The zero-order chi connectivity index (χ0) is 65.1. The Kier molecular flexibility index (Phi) is 16.8. The van der Waals surface area contributed by atoms with Crippen LogP contribution in [0.1, 0.15) is 98.7 Å². The number of aromatic nitrogens is 11. The van der Waals surface area contributed by atoms with Crippen LogP contribution in [-0.2, 0) is 50.8 Å². The number of carbonyl (C=O) groups is 4. The molecule has 5 aliphatic heterocycles. The minimum atomic E-state index is -0.190. The summed E-state index contributed by atoms with van der Waals surface area (Å²) in [6, 6.07) is 8.01. The van der Waals surface area contributed by atoms with Crippen LogP contribution in [-0.4, -0.2) is 174 Å². The number of benzene rings is 1. The number of hydrogen-bond acceptors (Lipinski definition) is 17. The smallest absolute Gasteiger partial charge is 0.245 e. The molecule has 488 valence electrons. The highest BCUT2D eigenvalue weighted by atomic mass is 16.5. The van der Waals surface area contributed by atoms with Crippen molar-refractivity contribution in [3.05, 3.63) is 122 Å². The number of allylic oxidation sites excluding steroid dienone is 2. The van der Waals surface area contributed by atoms with E-state index >= 15 is 0 Å². The molecule has 25 heteroatoms. The van der Waals surface area contributed by atoms with E-state index < -0.39 is 0 Å². The second-order valence-corrected chi connectivity index (χ2v) is 26.1. The number of amides is 4. The van der Waals surface area contributed by atoms with E-state index in [0.29, 0.717) is 93.7 Å². The fourth-order valence-corrected chi connectivity index (χ4v) is 15.8. The molecular weight excluding hydrogens is 1190 g/mol. The molecule has 12 heterocycles. The standard InChI is InChI=1S/C69H81N19O6/c1-6-52(90)83-24-19-45(30-83)61-55(58-64(70)74-36-77-67(58)81(61)5)44-13-15-49(16-14-44)94-51-28-73-50(51)34-87-62(46-20-25-84(31-46)53(91)7-2)56(59-65(71)75-37-78-68(59)87)43-11-9-42(10-12-43)35-93-39-88-63(47-21-26-85(32-47)54(92)8-3)57(60-66(72)76-38-79-69(60)88)48-27-80-86(33-48)29-41-17-22-82(23-18-41)40(4)89/h6-8,11,13-16,27,33,36-38,41-42,45-47,50-51,73H,1-3,9-10,12,17-26,28-32,34-35,39H2,4-5H3,(H2,70,74,77)(H2,71,75,78)(H2,72,76,79). The molecule has 0 spiro atoms. The van der Waals surface area contributed by atoms with Gasteiger partial charge in [0.15, 0.2) is 0 Å². The fourth-order valence-electron chi connectivity index (χ4n) is 15.8. The second-order valence-electron chi connectivity index (χ2n) is 26.1. The summed E-state index contributed by atoms with van der Waals surface area (Å²) in [5.41, 5.74) is 31.5. The fraction of sp³-hybridized carbons (Fsp3) is 0.435. The van der Waals surface area contributed by atoms with E-state index in [2.05, 4.69) is 83.1 Å². The van der Waals surface area contributed by atoms with Gasteiger partial charge in [0.2, 0.25) is 23.6 Å². The molecule has 14 rings (SSSR count). The zero-order valence-electron chi connectivity index (χ0n) is 53.4. The highest BCUT2D eigenvalue weighted by molar-refractivity contribution is 6.04. The number of nitrogens with two attached hydrogens (primary N) is 3. The molecule has 0 bridgehead atoms. The highest BCUT2D eigenvalue weighted by Crippen LogP contribution is 2.47. The Bertz CT molecular complexity index is 4340. The van der Waals surface area contributed by atoms with Gasteiger partial charge in [0.25, 0.3) is 0 Å².